The van der Waals surface area contributed by atoms with E-state index in [1.54, 1.807) is 6.07 Å². The van der Waals surface area contributed by atoms with E-state index in [-0.39, 0.29) is 11.2 Å². The van der Waals surface area contributed by atoms with E-state index >= 15 is 0 Å². The number of fused-ring (bicyclic) bond motifs is 1. The number of alkyl halides is 1. The number of para-hydroxylation sites is 1. The van der Waals surface area contributed by atoms with Gasteiger partial charge in [-0.2, -0.15) is 0 Å². The fourth-order valence-electron chi connectivity index (χ4n) is 1.78. The van der Waals surface area contributed by atoms with Crippen LogP contribution < -0.4 is 0 Å². The van der Waals surface area contributed by atoms with Gasteiger partial charge in [0.25, 0.3) is 0 Å². The Kier molecular flexibility index (Phi) is 3.09. The van der Waals surface area contributed by atoms with Crippen molar-refractivity contribution in [1.29, 1.82) is 0 Å². The molecule has 0 radical (unpaired) electrons. The van der Waals surface area contributed by atoms with E-state index in [0.717, 1.165) is 16.6 Å². The zero-order valence-electron chi connectivity index (χ0n) is 10.2. The molecule has 0 unspecified atom stereocenters. The van der Waals surface area contributed by atoms with Crippen LogP contribution >= 0.6 is 11.6 Å². The van der Waals surface area contributed by atoms with E-state index in [1.807, 2.05) is 12.1 Å². The number of nitrogens with zero attached hydrogens (tertiary/aromatic N) is 1. The van der Waals surface area contributed by atoms with Gasteiger partial charge in [0.2, 0.25) is 0 Å². The Labute approximate surface area is 106 Å². The van der Waals surface area contributed by atoms with Gasteiger partial charge in [-0.1, -0.05) is 32.9 Å². The molecule has 0 atom stereocenters. The molecule has 0 amide bonds. The first kappa shape index (κ1) is 12.3. The third-order valence-electron chi connectivity index (χ3n) is 2.79. The molecule has 2 aromatic rings. The zero-order valence-corrected chi connectivity index (χ0v) is 11.0. The molecule has 17 heavy (non-hydrogen) atoms. The molecule has 0 aliphatic rings. The second kappa shape index (κ2) is 4.26. The molecule has 0 aliphatic heterocycles. The summed E-state index contributed by atoms with van der Waals surface area (Å²) in [6.45, 7) is 6.17. The monoisotopic (exact) mass is 251 g/mol. The predicted molar refractivity (Wildman–Crippen MR) is 70.0 cm³/mol. The minimum Gasteiger partial charge on any atom is -0.249 e. The van der Waals surface area contributed by atoms with Crippen LogP contribution in [-0.2, 0) is 11.3 Å². The topological polar surface area (TPSA) is 12.9 Å². The van der Waals surface area contributed by atoms with E-state index in [2.05, 4.69) is 25.8 Å². The number of aromatic nitrogens is 1. The smallest absolute Gasteiger partial charge is 0.149 e. The summed E-state index contributed by atoms with van der Waals surface area (Å²) in [5, 5.41) is 0.799. The SMILES string of the molecule is CC(C)(C)c1cc(CCl)c2cccc(F)c2n1. The highest BCUT2D eigenvalue weighted by molar-refractivity contribution is 6.18. The first-order chi connectivity index (χ1) is 7.93. The lowest BCUT2D eigenvalue weighted by molar-refractivity contribution is 0.568. The Balaban J connectivity index is 2.81. The second-order valence-corrected chi connectivity index (χ2v) is 5.45. The number of hydrogen-bond donors (Lipinski definition) is 0. The number of halogens is 2. The summed E-state index contributed by atoms with van der Waals surface area (Å²) in [6.07, 6.45) is 0. The molecule has 0 N–H and O–H groups in total. The van der Waals surface area contributed by atoms with Crippen LogP contribution in [0.5, 0.6) is 0 Å². The third kappa shape index (κ3) is 2.27. The zero-order chi connectivity index (χ0) is 12.6. The molecule has 2 rings (SSSR count). The molecule has 90 valence electrons. The highest BCUT2D eigenvalue weighted by Crippen LogP contribution is 2.28. The lowest BCUT2D eigenvalue weighted by Crippen LogP contribution is -2.14. The van der Waals surface area contributed by atoms with Gasteiger partial charge in [-0.15, -0.1) is 11.6 Å². The highest BCUT2D eigenvalue weighted by Gasteiger charge is 2.18. The normalized spacial score (nSPS) is 12.1. The van der Waals surface area contributed by atoms with Crippen LogP contribution in [0.15, 0.2) is 24.3 Å². The van der Waals surface area contributed by atoms with Crippen LogP contribution in [0.1, 0.15) is 32.0 Å². The largest absolute Gasteiger partial charge is 0.249 e. The van der Waals surface area contributed by atoms with Crippen molar-refractivity contribution in [1.82, 2.24) is 4.98 Å². The predicted octanol–water partition coefficient (Wildman–Crippen LogP) is 4.41. The van der Waals surface area contributed by atoms with Gasteiger partial charge in [0.1, 0.15) is 11.3 Å². The van der Waals surface area contributed by atoms with E-state index in [4.69, 9.17) is 11.6 Å². The molecule has 0 saturated heterocycles. The van der Waals surface area contributed by atoms with Crippen molar-refractivity contribution in [3.05, 3.63) is 41.3 Å². The third-order valence-corrected chi connectivity index (χ3v) is 3.08. The Hall–Kier alpha value is -1.15. The highest BCUT2D eigenvalue weighted by atomic mass is 35.5. The average molecular weight is 252 g/mol. The Morgan fingerprint density at radius 1 is 1.29 bits per heavy atom. The van der Waals surface area contributed by atoms with Gasteiger partial charge in [0.05, 0.1) is 0 Å². The molecule has 1 nitrogen and oxygen atoms in total. The molecule has 0 aliphatic carbocycles. The summed E-state index contributed by atoms with van der Waals surface area (Å²) in [5.41, 5.74) is 2.10. The molecular formula is C14H15ClFN. The number of hydrogen-bond acceptors (Lipinski definition) is 1. The van der Waals surface area contributed by atoms with Gasteiger partial charge < -0.3 is 0 Å². The fourth-order valence-corrected chi connectivity index (χ4v) is 2.00. The fraction of sp³-hybridized carbons (Fsp3) is 0.357. The second-order valence-electron chi connectivity index (χ2n) is 5.19. The van der Waals surface area contributed by atoms with Crippen molar-refractivity contribution >= 4 is 22.5 Å². The van der Waals surface area contributed by atoms with Crippen LogP contribution in [-0.4, -0.2) is 4.98 Å². The van der Waals surface area contributed by atoms with Gasteiger partial charge in [0, 0.05) is 22.4 Å². The van der Waals surface area contributed by atoms with Crippen LogP contribution in [0.3, 0.4) is 0 Å². The lowest BCUT2D eigenvalue weighted by Gasteiger charge is -2.19. The first-order valence-corrected chi connectivity index (χ1v) is 6.11. The van der Waals surface area contributed by atoms with Gasteiger partial charge in [-0.3, -0.25) is 0 Å². The van der Waals surface area contributed by atoms with Crippen molar-refractivity contribution in [3.63, 3.8) is 0 Å². The number of pyridine rings is 1. The first-order valence-electron chi connectivity index (χ1n) is 5.58. The van der Waals surface area contributed by atoms with Crippen molar-refractivity contribution in [2.45, 2.75) is 32.1 Å². The Morgan fingerprint density at radius 2 is 2.00 bits per heavy atom. The van der Waals surface area contributed by atoms with Gasteiger partial charge in [0.15, 0.2) is 0 Å². The quantitative estimate of drug-likeness (QED) is 0.684. The standard InChI is InChI=1S/C14H15ClFN/c1-14(2,3)12-7-9(8-15)10-5-4-6-11(16)13(10)17-12/h4-7H,8H2,1-3H3. The molecule has 1 aromatic carbocycles. The Bertz CT molecular complexity index is 558. The summed E-state index contributed by atoms with van der Waals surface area (Å²) in [6, 6.07) is 6.94. The van der Waals surface area contributed by atoms with Crippen LogP contribution in [0.2, 0.25) is 0 Å². The van der Waals surface area contributed by atoms with E-state index < -0.39 is 0 Å². The van der Waals surface area contributed by atoms with Crippen LogP contribution in [0, 0.1) is 5.82 Å². The molecule has 0 fully saturated rings. The van der Waals surface area contributed by atoms with Crippen molar-refractivity contribution in [2.75, 3.05) is 0 Å². The summed E-state index contributed by atoms with van der Waals surface area (Å²) in [4.78, 5) is 4.42. The summed E-state index contributed by atoms with van der Waals surface area (Å²) >= 11 is 5.93. The maximum Gasteiger partial charge on any atom is 0.149 e. The summed E-state index contributed by atoms with van der Waals surface area (Å²) in [7, 11) is 0. The maximum absolute atomic E-state index is 13.8. The molecule has 0 saturated carbocycles. The van der Waals surface area contributed by atoms with E-state index in [0.29, 0.717) is 11.4 Å². The maximum atomic E-state index is 13.8. The van der Waals surface area contributed by atoms with Crippen LogP contribution in [0.4, 0.5) is 4.39 Å². The molecular weight excluding hydrogens is 237 g/mol. The summed E-state index contributed by atoms with van der Waals surface area (Å²) in [5.74, 6) is 0.0749. The molecule has 1 heterocycles. The minimum atomic E-state index is -0.292. The minimum absolute atomic E-state index is 0.114. The lowest BCUT2D eigenvalue weighted by atomic mass is 9.90. The van der Waals surface area contributed by atoms with Gasteiger partial charge in [-0.05, 0) is 17.7 Å². The van der Waals surface area contributed by atoms with E-state index in [9.17, 15) is 4.39 Å². The van der Waals surface area contributed by atoms with Gasteiger partial charge >= 0.3 is 0 Å². The van der Waals surface area contributed by atoms with E-state index in [1.165, 1.54) is 6.07 Å². The summed E-state index contributed by atoms with van der Waals surface area (Å²) < 4.78 is 13.8. The van der Waals surface area contributed by atoms with Crippen molar-refractivity contribution < 1.29 is 4.39 Å². The number of rotatable bonds is 1. The van der Waals surface area contributed by atoms with Crippen molar-refractivity contribution in [2.24, 2.45) is 0 Å². The van der Waals surface area contributed by atoms with Crippen LogP contribution in [0.25, 0.3) is 10.9 Å². The Morgan fingerprint density at radius 3 is 2.59 bits per heavy atom. The average Bonchev–Trinajstić information content (AvgIpc) is 2.27. The molecule has 0 bridgehead atoms. The number of benzene rings is 1. The van der Waals surface area contributed by atoms with Crippen molar-refractivity contribution in [3.8, 4) is 0 Å². The molecule has 0 spiro atoms. The van der Waals surface area contributed by atoms with Gasteiger partial charge in [-0.25, -0.2) is 9.37 Å². The molecule has 1 aromatic heterocycles. The molecule has 3 heteroatoms.